The Hall–Kier alpha value is -0.650. The molecular weight excluding hydrogens is 256 g/mol. The fourth-order valence-corrected chi connectivity index (χ4v) is 2.04. The smallest absolute Gasteiger partial charge is 0.332 e. The molecule has 0 heterocycles. The van der Waals surface area contributed by atoms with Crippen molar-refractivity contribution in [2.75, 3.05) is 59.1 Å². The van der Waals surface area contributed by atoms with Crippen molar-refractivity contribution in [2.24, 2.45) is 0 Å². The predicted octanol–water partition coefficient (Wildman–Crippen LogP) is 1.62. The van der Waals surface area contributed by atoms with E-state index in [1.54, 1.807) is 6.92 Å². The zero-order valence-electron chi connectivity index (χ0n) is 13.7. The van der Waals surface area contributed by atoms with Crippen molar-refractivity contribution in [1.29, 1.82) is 0 Å². The fourth-order valence-electron chi connectivity index (χ4n) is 2.04. The summed E-state index contributed by atoms with van der Waals surface area (Å²) in [5, 5.41) is 0. The Morgan fingerprint density at radius 1 is 0.900 bits per heavy atom. The number of likely N-dealkylation sites (N-methyl/N-ethyl adjacent to an activating group) is 1. The molecule has 0 rings (SSSR count). The Bertz CT molecular complexity index is 233. The van der Waals surface area contributed by atoms with E-state index in [9.17, 15) is 4.79 Å². The van der Waals surface area contributed by atoms with Crippen molar-refractivity contribution in [1.82, 2.24) is 9.80 Å². The molecule has 0 aromatic carbocycles. The highest BCUT2D eigenvalue weighted by Gasteiger charge is 2.06. The molecule has 0 spiro atoms. The minimum absolute atomic E-state index is 0.0604. The van der Waals surface area contributed by atoms with Crippen molar-refractivity contribution in [3.8, 4) is 0 Å². The van der Waals surface area contributed by atoms with Crippen LogP contribution in [0.1, 0.15) is 34.1 Å². The normalized spacial score (nSPS) is 11.3. The van der Waals surface area contributed by atoms with Crippen LogP contribution >= 0.6 is 0 Å². The number of hydrogen-bond donors (Lipinski definition) is 0. The largest absolute Gasteiger partial charge is 0.464 e. The van der Waals surface area contributed by atoms with E-state index in [1.807, 2.05) is 0 Å². The van der Waals surface area contributed by atoms with E-state index in [1.165, 1.54) is 6.42 Å². The summed E-state index contributed by atoms with van der Waals surface area (Å²) in [4.78, 5) is 15.9. The number of ether oxygens (including phenoxy) is 2. The van der Waals surface area contributed by atoms with Gasteiger partial charge in [0.05, 0.1) is 13.2 Å². The van der Waals surface area contributed by atoms with Crippen molar-refractivity contribution >= 4 is 5.97 Å². The molecule has 0 radical (unpaired) electrons. The first-order chi connectivity index (χ1) is 9.67. The molecule has 5 heteroatoms. The third-order valence-corrected chi connectivity index (χ3v) is 3.37. The van der Waals surface area contributed by atoms with Gasteiger partial charge in [0, 0.05) is 6.54 Å². The molecule has 20 heavy (non-hydrogen) atoms. The molecule has 0 aromatic rings. The highest BCUT2D eigenvalue weighted by Crippen LogP contribution is 1.96. The summed E-state index contributed by atoms with van der Waals surface area (Å²) >= 11 is 0. The molecule has 0 saturated heterocycles. The van der Waals surface area contributed by atoms with Gasteiger partial charge in [-0.2, -0.15) is 0 Å². The van der Waals surface area contributed by atoms with Gasteiger partial charge < -0.3 is 19.3 Å². The Morgan fingerprint density at radius 2 is 1.50 bits per heavy atom. The van der Waals surface area contributed by atoms with E-state index >= 15 is 0 Å². The molecule has 0 unspecified atom stereocenters. The molecule has 0 aliphatic heterocycles. The van der Waals surface area contributed by atoms with Gasteiger partial charge in [0.15, 0.2) is 0 Å². The number of carbonyl (C=O) groups excluding carboxylic acids is 1. The molecule has 0 saturated carbocycles. The first kappa shape index (κ1) is 19.4. The van der Waals surface area contributed by atoms with Crippen molar-refractivity contribution < 1.29 is 14.3 Å². The highest BCUT2D eigenvalue weighted by atomic mass is 16.6. The molecule has 0 aliphatic carbocycles. The topological polar surface area (TPSA) is 42.0 Å². The van der Waals surface area contributed by atoms with Crippen LogP contribution in [0.3, 0.4) is 0 Å². The van der Waals surface area contributed by atoms with Crippen LogP contribution in [0.15, 0.2) is 0 Å². The molecule has 0 aliphatic rings. The minimum Gasteiger partial charge on any atom is -0.464 e. The summed E-state index contributed by atoms with van der Waals surface area (Å²) in [5.74, 6) is -0.280. The number of carbonyl (C=O) groups is 1. The van der Waals surface area contributed by atoms with E-state index in [0.29, 0.717) is 13.2 Å². The van der Waals surface area contributed by atoms with Gasteiger partial charge in [0.2, 0.25) is 0 Å². The average Bonchev–Trinajstić information content (AvgIpc) is 2.46. The molecule has 0 amide bonds. The lowest BCUT2D eigenvalue weighted by molar-refractivity contribution is -0.148. The maximum atomic E-state index is 11.1. The van der Waals surface area contributed by atoms with Crippen molar-refractivity contribution in [2.45, 2.75) is 34.1 Å². The van der Waals surface area contributed by atoms with E-state index in [4.69, 9.17) is 9.47 Å². The van der Waals surface area contributed by atoms with Gasteiger partial charge in [0.1, 0.15) is 6.61 Å². The van der Waals surface area contributed by atoms with Crippen LogP contribution in [0.25, 0.3) is 0 Å². The van der Waals surface area contributed by atoms with Crippen LogP contribution in [0.5, 0.6) is 0 Å². The number of esters is 1. The van der Waals surface area contributed by atoms with Crippen LogP contribution < -0.4 is 0 Å². The van der Waals surface area contributed by atoms with Crippen LogP contribution in [-0.2, 0) is 14.3 Å². The summed E-state index contributed by atoms with van der Waals surface area (Å²) in [5.41, 5.74) is 0. The van der Waals surface area contributed by atoms with Crippen LogP contribution in [0, 0.1) is 0 Å². The fraction of sp³-hybridized carbons (Fsp3) is 0.933. The van der Waals surface area contributed by atoms with Crippen LogP contribution in [0.4, 0.5) is 0 Å². The number of nitrogens with zero attached hydrogens (tertiary/aromatic N) is 2. The third-order valence-electron chi connectivity index (χ3n) is 3.37. The molecular formula is C15H32N2O3. The van der Waals surface area contributed by atoms with Gasteiger partial charge in [-0.3, -0.25) is 0 Å². The van der Waals surface area contributed by atoms with Crippen LogP contribution in [0.2, 0.25) is 0 Å². The number of hydrogen-bond acceptors (Lipinski definition) is 5. The Morgan fingerprint density at radius 3 is 2.05 bits per heavy atom. The Labute approximate surface area is 124 Å². The summed E-state index contributed by atoms with van der Waals surface area (Å²) < 4.78 is 10.1. The van der Waals surface area contributed by atoms with Crippen LogP contribution in [-0.4, -0.2) is 74.9 Å². The molecule has 0 N–H and O–H groups in total. The predicted molar refractivity (Wildman–Crippen MR) is 82.0 cm³/mol. The SMILES string of the molecule is CCOC(=O)COCCN(CC)CCCN(CC)CC. The van der Waals surface area contributed by atoms with Gasteiger partial charge in [0.25, 0.3) is 0 Å². The summed E-state index contributed by atoms with van der Waals surface area (Å²) in [6.07, 6.45) is 1.17. The van der Waals surface area contributed by atoms with E-state index in [-0.39, 0.29) is 12.6 Å². The highest BCUT2D eigenvalue weighted by molar-refractivity contribution is 5.70. The first-order valence-electron chi connectivity index (χ1n) is 7.85. The van der Waals surface area contributed by atoms with E-state index < -0.39 is 0 Å². The van der Waals surface area contributed by atoms with Gasteiger partial charge >= 0.3 is 5.97 Å². The standard InChI is InChI=1S/C15H32N2O3/c1-5-16(6-2)10-9-11-17(7-3)12-13-19-14-15(18)20-8-4/h5-14H2,1-4H3. The number of rotatable bonds is 13. The Balaban J connectivity index is 3.63. The quantitative estimate of drug-likeness (QED) is 0.380. The van der Waals surface area contributed by atoms with Crippen molar-refractivity contribution in [3.05, 3.63) is 0 Å². The lowest BCUT2D eigenvalue weighted by Crippen LogP contribution is -2.32. The molecule has 0 aromatic heterocycles. The average molecular weight is 288 g/mol. The monoisotopic (exact) mass is 288 g/mol. The van der Waals surface area contributed by atoms with Crippen molar-refractivity contribution in [3.63, 3.8) is 0 Å². The lowest BCUT2D eigenvalue weighted by Gasteiger charge is -2.23. The molecule has 0 atom stereocenters. The second-order valence-electron chi connectivity index (χ2n) is 4.67. The van der Waals surface area contributed by atoms with Gasteiger partial charge in [-0.05, 0) is 46.1 Å². The summed E-state index contributed by atoms with van der Waals surface area (Å²) in [7, 11) is 0. The Kier molecular flexibility index (Phi) is 12.9. The van der Waals surface area contributed by atoms with Gasteiger partial charge in [-0.25, -0.2) is 4.79 Å². The lowest BCUT2D eigenvalue weighted by atomic mass is 10.3. The summed E-state index contributed by atoms with van der Waals surface area (Å²) in [6, 6.07) is 0. The third kappa shape index (κ3) is 10.2. The molecule has 0 bridgehead atoms. The minimum atomic E-state index is -0.280. The second kappa shape index (κ2) is 13.3. The maximum absolute atomic E-state index is 11.1. The van der Waals surface area contributed by atoms with E-state index in [0.717, 1.165) is 39.3 Å². The zero-order chi connectivity index (χ0) is 15.2. The summed E-state index contributed by atoms with van der Waals surface area (Å²) in [6.45, 7) is 15.7. The second-order valence-corrected chi connectivity index (χ2v) is 4.67. The molecule has 5 nitrogen and oxygen atoms in total. The molecule has 120 valence electrons. The van der Waals surface area contributed by atoms with E-state index in [2.05, 4.69) is 30.6 Å². The molecule has 0 fully saturated rings. The first-order valence-corrected chi connectivity index (χ1v) is 7.85. The maximum Gasteiger partial charge on any atom is 0.332 e. The van der Waals surface area contributed by atoms with Gasteiger partial charge in [-0.15, -0.1) is 0 Å². The zero-order valence-corrected chi connectivity index (χ0v) is 13.7. The van der Waals surface area contributed by atoms with Gasteiger partial charge in [-0.1, -0.05) is 20.8 Å².